The molecule has 12 aliphatic carbocycles. The van der Waals surface area contributed by atoms with Crippen molar-refractivity contribution in [3.63, 3.8) is 0 Å². The lowest BCUT2D eigenvalue weighted by molar-refractivity contribution is -0.00282. The van der Waals surface area contributed by atoms with Crippen molar-refractivity contribution >= 4 is 127 Å². The molecule has 0 N–H and O–H groups in total. The van der Waals surface area contributed by atoms with Gasteiger partial charge in [0.05, 0.1) is 5.69 Å². The minimum atomic E-state index is 0.743. The number of para-hydroxylation sites is 2. The molecule has 12 fully saturated rings. The third-order valence-corrected chi connectivity index (χ3v) is 36.8. The summed E-state index contributed by atoms with van der Waals surface area (Å²) in [5.41, 5.74) is 33.7. The standard InChI is InChI=1S/C50H41NO.C48H41N.C46H39NO/c1-2-11-44-35(7-1)8-6-13-45(44)36-17-21-42(22-18-36)51(43-23-24-47-46-12-3-4-14-48(46)52-49(47)31-43)41-19-15-34(16-20-41)37-9-5-10-38(30-37)50-39-26-32-25-33(28-39)29-40(50)27-32;1-2-9-34(10-3-1)35-17-21-42(22-18-35)49(47-31-38-11-4-5-14-44(38)45-15-6-7-16-46(45)47)43-23-19-36(20-24-43)37-12-8-13-39(30-37)48-40-26-32-25-33(28-40)29-41(48)27-32;1-2-7-32(8-3-1)33-13-17-39(18-14-33)47(41-21-22-43-42-11-4-5-12-44(42)48-45(43)29-41)40-19-15-34(16-20-40)35-9-6-10-36(28-35)46-37-24-30-23-31(26-37)27-38(46)25-30/h1-24,30-33,39-40,50H,25-29H2;1-24,30-33,40-41,48H,25-29H2;1-22,28-31,37-38,46H,23-27H2. The fourth-order valence-electron chi connectivity index (χ4n) is 31.0. The van der Waals surface area contributed by atoms with E-state index in [0.717, 1.165) is 178 Å². The third kappa shape index (κ3) is 16.8. The van der Waals surface area contributed by atoms with Crippen molar-refractivity contribution in [1.82, 2.24) is 0 Å². The lowest BCUT2D eigenvalue weighted by Gasteiger charge is -2.54. The monoisotopic (exact) mass is 1920 g/mol. The van der Waals surface area contributed by atoms with E-state index in [1.54, 1.807) is 16.7 Å². The summed E-state index contributed by atoms with van der Waals surface area (Å²) >= 11 is 0. The number of hydrogen-bond acceptors (Lipinski definition) is 5. The van der Waals surface area contributed by atoms with Crippen molar-refractivity contribution in [3.05, 3.63) is 478 Å². The lowest BCUT2D eigenvalue weighted by atomic mass is 9.50. The van der Waals surface area contributed by atoms with E-state index in [-0.39, 0.29) is 0 Å². The second kappa shape index (κ2) is 37.8. The van der Waals surface area contributed by atoms with Crippen LogP contribution in [0.15, 0.2) is 470 Å². The van der Waals surface area contributed by atoms with Crippen LogP contribution in [0.25, 0.3) is 143 Å². The molecule has 20 aromatic carbocycles. The van der Waals surface area contributed by atoms with E-state index in [1.807, 2.05) is 18.2 Å². The zero-order chi connectivity index (χ0) is 98.1. The first-order chi connectivity index (χ1) is 73.7. The summed E-state index contributed by atoms with van der Waals surface area (Å²) < 4.78 is 12.7. The number of hydrogen-bond donors (Lipinski definition) is 0. The van der Waals surface area contributed by atoms with E-state index >= 15 is 0 Å². The largest absolute Gasteiger partial charge is 0.456 e. The number of anilines is 9. The molecule has 0 atom stereocenters. The van der Waals surface area contributed by atoms with Gasteiger partial charge in [-0.15, -0.1) is 0 Å². The van der Waals surface area contributed by atoms with Gasteiger partial charge in [-0.2, -0.15) is 0 Å². The van der Waals surface area contributed by atoms with Crippen LogP contribution in [0.5, 0.6) is 0 Å². The number of benzene rings is 20. The second-order valence-electron chi connectivity index (χ2n) is 45.5. The first-order valence-electron chi connectivity index (χ1n) is 55.3. The molecule has 2 aromatic heterocycles. The summed E-state index contributed by atoms with van der Waals surface area (Å²) in [5, 5.41) is 12.2. The third-order valence-electron chi connectivity index (χ3n) is 36.8. The highest BCUT2D eigenvalue weighted by molar-refractivity contribution is 6.15. The predicted octanol–water partition coefficient (Wildman–Crippen LogP) is 40.3. The maximum Gasteiger partial charge on any atom is 0.137 e. The van der Waals surface area contributed by atoms with Gasteiger partial charge in [-0.05, 0) is 411 Å². The SMILES string of the molecule is c1cc(-c2ccc(N(c3ccc(-c4cccc5ccccc45)cc3)c3ccc4c(c3)oc3ccccc34)cc2)cc(C2C3CC4CC(C3)CC2C4)c1.c1ccc(-c2ccc(N(c3ccc(-c4cccc(C5C6CC7CC(C6)CC5C7)c4)cc3)c3cc4ccccc4c4ccccc34)cc2)cc1.c1ccc(-c2ccc(N(c3ccc(-c4cccc(C5C6CC7CC(C6)CC5C7)c4)cc3)c3ccc4c(c3)oc3ccccc34)cc2)cc1. The van der Waals surface area contributed by atoms with Gasteiger partial charge in [0, 0.05) is 84.6 Å². The van der Waals surface area contributed by atoms with Gasteiger partial charge in [-0.3, -0.25) is 0 Å². The van der Waals surface area contributed by atoms with Gasteiger partial charge in [-0.1, -0.05) is 334 Å². The first-order valence-corrected chi connectivity index (χ1v) is 55.3. The van der Waals surface area contributed by atoms with Crippen LogP contribution in [-0.2, 0) is 0 Å². The van der Waals surface area contributed by atoms with E-state index in [2.05, 4.69) is 458 Å². The molecule has 22 aromatic rings. The van der Waals surface area contributed by atoms with Gasteiger partial charge in [0.2, 0.25) is 0 Å². The molecule has 12 bridgehead atoms. The molecule has 724 valence electrons. The second-order valence-corrected chi connectivity index (χ2v) is 45.5. The zero-order valence-corrected chi connectivity index (χ0v) is 84.3. The topological polar surface area (TPSA) is 36.0 Å². The highest BCUT2D eigenvalue weighted by Crippen LogP contribution is 2.64. The van der Waals surface area contributed by atoms with Crippen LogP contribution in [0.1, 0.15) is 131 Å². The van der Waals surface area contributed by atoms with E-state index < -0.39 is 0 Å². The van der Waals surface area contributed by atoms with Crippen molar-refractivity contribution in [3.8, 4) is 66.8 Å². The highest BCUT2D eigenvalue weighted by atomic mass is 16.3. The Hall–Kier alpha value is -15.8. The Bertz CT molecular complexity index is 8650. The summed E-state index contributed by atoms with van der Waals surface area (Å²) in [4.78, 5) is 7.14. The molecule has 0 spiro atoms. The molecule has 0 saturated heterocycles. The zero-order valence-electron chi connectivity index (χ0n) is 84.3. The quantitative estimate of drug-likeness (QED) is 0.0800. The average Bonchev–Trinajstić information content (AvgIpc) is 1.54. The molecule has 149 heavy (non-hydrogen) atoms. The van der Waals surface area contributed by atoms with Gasteiger partial charge in [0.25, 0.3) is 0 Å². The van der Waals surface area contributed by atoms with Crippen LogP contribution in [0.2, 0.25) is 0 Å². The summed E-state index contributed by atoms with van der Waals surface area (Å²) in [6, 6.07) is 170. The van der Waals surface area contributed by atoms with Crippen molar-refractivity contribution in [2.24, 2.45) is 71.0 Å². The lowest BCUT2D eigenvalue weighted by Crippen LogP contribution is -2.43. The van der Waals surface area contributed by atoms with Crippen LogP contribution < -0.4 is 14.7 Å². The number of rotatable bonds is 18. The van der Waals surface area contributed by atoms with Crippen LogP contribution in [0.3, 0.4) is 0 Å². The Balaban J connectivity index is 0.000000105. The van der Waals surface area contributed by atoms with Crippen LogP contribution >= 0.6 is 0 Å². The van der Waals surface area contributed by atoms with E-state index in [0.29, 0.717) is 0 Å². The van der Waals surface area contributed by atoms with E-state index in [1.165, 1.54) is 201 Å². The fourth-order valence-corrected chi connectivity index (χ4v) is 31.0. The molecule has 12 saturated carbocycles. The summed E-state index contributed by atoms with van der Waals surface area (Å²) in [7, 11) is 0. The summed E-state index contributed by atoms with van der Waals surface area (Å²) in [6.07, 6.45) is 22.0. The van der Waals surface area contributed by atoms with E-state index in [4.69, 9.17) is 8.83 Å². The Morgan fingerprint density at radius 3 is 0.805 bits per heavy atom. The average molecular weight is 1930 g/mol. The van der Waals surface area contributed by atoms with Crippen molar-refractivity contribution in [2.75, 3.05) is 14.7 Å². The first kappa shape index (κ1) is 89.6. The maximum atomic E-state index is 6.38. The normalized spacial score (nSPS) is 22.4. The summed E-state index contributed by atoms with van der Waals surface area (Å²) in [5.74, 6) is 13.6. The van der Waals surface area contributed by atoms with Crippen LogP contribution in [0.4, 0.5) is 51.2 Å². The Morgan fingerprint density at radius 1 is 0.154 bits per heavy atom. The Kier molecular flexibility index (Phi) is 22.7. The van der Waals surface area contributed by atoms with Gasteiger partial charge < -0.3 is 23.5 Å². The molecule has 0 radical (unpaired) electrons. The summed E-state index contributed by atoms with van der Waals surface area (Å²) in [6.45, 7) is 0. The van der Waals surface area contributed by atoms with Crippen LogP contribution in [-0.4, -0.2) is 0 Å². The predicted molar refractivity (Wildman–Crippen MR) is 622 cm³/mol. The molecule has 5 heteroatoms. The van der Waals surface area contributed by atoms with Crippen molar-refractivity contribution < 1.29 is 8.83 Å². The number of furan rings is 2. The molecule has 34 rings (SSSR count). The van der Waals surface area contributed by atoms with Crippen molar-refractivity contribution in [1.29, 1.82) is 0 Å². The molecule has 2 heterocycles. The minimum absolute atomic E-state index is 0.743. The minimum Gasteiger partial charge on any atom is -0.456 e. The molecular formula is C144H121N3O2. The number of fused-ring (bicyclic) bond motifs is 10. The Morgan fingerprint density at radius 2 is 0.423 bits per heavy atom. The Labute approximate surface area is 874 Å². The maximum absolute atomic E-state index is 6.38. The molecular weight excluding hydrogens is 1800 g/mol. The molecule has 0 unspecified atom stereocenters. The van der Waals surface area contributed by atoms with Gasteiger partial charge in [0.1, 0.15) is 22.3 Å². The molecule has 5 nitrogen and oxygen atoms in total. The van der Waals surface area contributed by atoms with Crippen LogP contribution in [0, 0.1) is 71.0 Å². The molecule has 0 aliphatic heterocycles. The highest BCUT2D eigenvalue weighted by Gasteiger charge is 2.52. The fraction of sp³-hybridized carbons (Fsp3) is 0.208. The molecule has 12 aliphatic rings. The number of nitrogens with zero attached hydrogens (tertiary/aromatic N) is 3. The van der Waals surface area contributed by atoms with Crippen molar-refractivity contribution in [2.45, 2.75) is 114 Å². The van der Waals surface area contributed by atoms with Gasteiger partial charge in [-0.25, -0.2) is 0 Å². The smallest absolute Gasteiger partial charge is 0.137 e. The van der Waals surface area contributed by atoms with E-state index in [9.17, 15) is 0 Å². The van der Waals surface area contributed by atoms with Gasteiger partial charge >= 0.3 is 0 Å². The van der Waals surface area contributed by atoms with Gasteiger partial charge in [0.15, 0.2) is 0 Å². The molecule has 0 amide bonds.